The van der Waals surface area contributed by atoms with E-state index >= 15 is 0 Å². The number of rotatable bonds is 5. The van der Waals surface area contributed by atoms with Crippen LogP contribution in [-0.4, -0.2) is 31.6 Å². The number of halogens is 1. The first-order chi connectivity index (χ1) is 11.5. The molecule has 0 aliphatic carbocycles. The minimum absolute atomic E-state index is 0.185. The first kappa shape index (κ1) is 17.8. The summed E-state index contributed by atoms with van der Waals surface area (Å²) in [7, 11) is -3.53. The van der Waals surface area contributed by atoms with Gasteiger partial charge >= 0.3 is 0 Å². The number of hydrogen-bond acceptors (Lipinski definition) is 4. The lowest BCUT2D eigenvalue weighted by Crippen LogP contribution is -2.30. The van der Waals surface area contributed by atoms with E-state index in [0.717, 1.165) is 15.8 Å². The summed E-state index contributed by atoms with van der Waals surface area (Å²) in [4.78, 5) is 0.301. The maximum absolute atomic E-state index is 13.0. The number of thioether (sulfide) groups is 1. The molecule has 1 saturated heterocycles. The summed E-state index contributed by atoms with van der Waals surface area (Å²) in [5.74, 6) is 1.47. The van der Waals surface area contributed by atoms with Gasteiger partial charge in [-0.05, 0) is 48.9 Å². The Hall–Kier alpha value is -1.02. The quantitative estimate of drug-likeness (QED) is 0.713. The SMILES string of the molecule is CCOc1ccc(S(=O)(=O)N2CCS[C@H]2c2ccc(Br)cc2)cc1. The molecule has 1 atom stereocenters. The molecule has 24 heavy (non-hydrogen) atoms. The predicted molar refractivity (Wildman–Crippen MR) is 101 cm³/mol. The summed E-state index contributed by atoms with van der Waals surface area (Å²) in [6.07, 6.45) is 0. The first-order valence-corrected chi connectivity index (χ1v) is 10.9. The molecule has 0 radical (unpaired) electrons. The molecular formula is C17H18BrNO3S2. The summed E-state index contributed by atoms with van der Waals surface area (Å²) in [6.45, 7) is 2.97. The molecule has 3 rings (SSSR count). The highest BCUT2D eigenvalue weighted by molar-refractivity contribution is 9.10. The minimum Gasteiger partial charge on any atom is -0.494 e. The zero-order valence-electron chi connectivity index (χ0n) is 13.2. The van der Waals surface area contributed by atoms with Crippen LogP contribution in [0.3, 0.4) is 0 Å². The Morgan fingerprint density at radius 2 is 1.83 bits per heavy atom. The van der Waals surface area contributed by atoms with E-state index in [4.69, 9.17) is 4.74 Å². The molecule has 2 aromatic carbocycles. The van der Waals surface area contributed by atoms with Crippen molar-refractivity contribution >= 4 is 37.7 Å². The second kappa shape index (κ2) is 7.47. The molecule has 0 aromatic heterocycles. The molecule has 1 heterocycles. The third-order valence-corrected chi connectivity index (χ3v) is 7.55. The maximum Gasteiger partial charge on any atom is 0.244 e. The van der Waals surface area contributed by atoms with Gasteiger partial charge in [-0.1, -0.05) is 28.1 Å². The molecule has 7 heteroatoms. The fourth-order valence-electron chi connectivity index (χ4n) is 2.60. The van der Waals surface area contributed by atoms with Crippen molar-refractivity contribution in [1.29, 1.82) is 0 Å². The van der Waals surface area contributed by atoms with E-state index in [1.165, 1.54) is 0 Å². The number of benzene rings is 2. The van der Waals surface area contributed by atoms with E-state index in [1.54, 1.807) is 40.3 Å². The van der Waals surface area contributed by atoms with Crippen LogP contribution in [0.15, 0.2) is 57.9 Å². The van der Waals surface area contributed by atoms with Crippen molar-refractivity contribution in [2.45, 2.75) is 17.2 Å². The monoisotopic (exact) mass is 427 g/mol. The number of hydrogen-bond donors (Lipinski definition) is 0. The van der Waals surface area contributed by atoms with Gasteiger partial charge in [-0.15, -0.1) is 11.8 Å². The van der Waals surface area contributed by atoms with E-state index in [9.17, 15) is 8.42 Å². The summed E-state index contributed by atoms with van der Waals surface area (Å²) < 4.78 is 34.0. The second-order valence-electron chi connectivity index (χ2n) is 5.29. The summed E-state index contributed by atoms with van der Waals surface area (Å²) in [6, 6.07) is 14.4. The van der Waals surface area contributed by atoms with Crippen molar-refractivity contribution < 1.29 is 13.2 Å². The zero-order valence-corrected chi connectivity index (χ0v) is 16.4. The third kappa shape index (κ3) is 3.64. The van der Waals surface area contributed by atoms with E-state index < -0.39 is 10.0 Å². The van der Waals surface area contributed by atoms with Crippen LogP contribution >= 0.6 is 27.7 Å². The van der Waals surface area contributed by atoms with Gasteiger partial charge < -0.3 is 4.74 Å². The first-order valence-electron chi connectivity index (χ1n) is 7.64. The lowest BCUT2D eigenvalue weighted by molar-refractivity contribution is 0.340. The van der Waals surface area contributed by atoms with Gasteiger partial charge in [0.2, 0.25) is 10.0 Å². The largest absolute Gasteiger partial charge is 0.494 e. The number of nitrogens with zero attached hydrogens (tertiary/aromatic N) is 1. The molecule has 0 amide bonds. The fraction of sp³-hybridized carbons (Fsp3) is 0.294. The molecule has 2 aromatic rings. The molecule has 0 N–H and O–H groups in total. The van der Waals surface area contributed by atoms with Crippen molar-refractivity contribution in [3.63, 3.8) is 0 Å². The molecule has 0 saturated carbocycles. The summed E-state index contributed by atoms with van der Waals surface area (Å²) >= 11 is 5.06. The topological polar surface area (TPSA) is 46.6 Å². The average molecular weight is 428 g/mol. The van der Waals surface area contributed by atoms with E-state index in [2.05, 4.69) is 15.9 Å². The summed E-state index contributed by atoms with van der Waals surface area (Å²) in [5.41, 5.74) is 0.996. The van der Waals surface area contributed by atoms with Crippen molar-refractivity contribution in [1.82, 2.24) is 4.31 Å². The Morgan fingerprint density at radius 3 is 2.46 bits per heavy atom. The average Bonchev–Trinajstić information content (AvgIpc) is 3.07. The van der Waals surface area contributed by atoms with Crippen LogP contribution in [0.1, 0.15) is 17.9 Å². The second-order valence-corrected chi connectivity index (χ2v) is 9.29. The van der Waals surface area contributed by atoms with Crippen LogP contribution in [0.25, 0.3) is 0 Å². The van der Waals surface area contributed by atoms with Gasteiger partial charge in [0.05, 0.1) is 16.9 Å². The van der Waals surface area contributed by atoms with Crippen LogP contribution in [0.5, 0.6) is 5.75 Å². The van der Waals surface area contributed by atoms with Crippen LogP contribution in [0.2, 0.25) is 0 Å². The molecule has 0 bridgehead atoms. The molecule has 4 nitrogen and oxygen atoms in total. The van der Waals surface area contributed by atoms with E-state index in [1.807, 2.05) is 31.2 Å². The van der Waals surface area contributed by atoms with Crippen molar-refractivity contribution in [2.24, 2.45) is 0 Å². The molecule has 1 aliphatic heterocycles. The van der Waals surface area contributed by atoms with Crippen molar-refractivity contribution in [3.05, 3.63) is 58.6 Å². The Kier molecular flexibility index (Phi) is 5.54. The Morgan fingerprint density at radius 1 is 1.17 bits per heavy atom. The standard InChI is InChI=1S/C17H18BrNO3S2/c1-2-22-15-7-9-16(10-8-15)24(20,21)19-11-12-23-17(19)13-3-5-14(18)6-4-13/h3-10,17H,2,11-12H2,1H3/t17-/m0/s1. The molecule has 1 aliphatic rings. The van der Waals surface area contributed by atoms with Gasteiger partial charge in [-0.3, -0.25) is 0 Å². The van der Waals surface area contributed by atoms with Crippen LogP contribution in [-0.2, 0) is 10.0 Å². The fourth-order valence-corrected chi connectivity index (χ4v) is 6.11. The predicted octanol–water partition coefficient (Wildman–Crippen LogP) is 4.28. The van der Waals surface area contributed by atoms with Gasteiger partial charge in [-0.2, -0.15) is 4.31 Å². The normalized spacial score (nSPS) is 18.7. The van der Waals surface area contributed by atoms with Crippen LogP contribution in [0, 0.1) is 0 Å². The van der Waals surface area contributed by atoms with Crippen molar-refractivity contribution in [2.75, 3.05) is 18.9 Å². The van der Waals surface area contributed by atoms with Crippen LogP contribution in [0.4, 0.5) is 0 Å². The zero-order chi connectivity index (χ0) is 17.2. The third-order valence-electron chi connectivity index (χ3n) is 3.75. The summed E-state index contributed by atoms with van der Waals surface area (Å²) in [5, 5.41) is -0.185. The lowest BCUT2D eigenvalue weighted by atomic mass is 10.2. The smallest absolute Gasteiger partial charge is 0.244 e. The lowest BCUT2D eigenvalue weighted by Gasteiger charge is -2.23. The highest BCUT2D eigenvalue weighted by Crippen LogP contribution is 2.41. The minimum atomic E-state index is -3.53. The molecule has 1 fully saturated rings. The Bertz CT molecular complexity index is 792. The van der Waals surface area contributed by atoms with Gasteiger partial charge in [0.15, 0.2) is 0 Å². The highest BCUT2D eigenvalue weighted by atomic mass is 79.9. The maximum atomic E-state index is 13.0. The molecule has 0 unspecified atom stereocenters. The molecule has 128 valence electrons. The van der Waals surface area contributed by atoms with Gasteiger partial charge in [0, 0.05) is 16.8 Å². The highest BCUT2D eigenvalue weighted by Gasteiger charge is 2.36. The van der Waals surface area contributed by atoms with E-state index in [-0.39, 0.29) is 5.37 Å². The van der Waals surface area contributed by atoms with Gasteiger partial charge in [-0.25, -0.2) is 8.42 Å². The van der Waals surface area contributed by atoms with Crippen LogP contribution < -0.4 is 4.74 Å². The molecular weight excluding hydrogens is 410 g/mol. The van der Waals surface area contributed by atoms with Gasteiger partial charge in [0.1, 0.15) is 5.75 Å². The number of sulfonamides is 1. The molecule has 0 spiro atoms. The Balaban J connectivity index is 1.88. The van der Waals surface area contributed by atoms with Crippen molar-refractivity contribution in [3.8, 4) is 5.75 Å². The van der Waals surface area contributed by atoms with E-state index in [0.29, 0.717) is 23.8 Å². The van der Waals surface area contributed by atoms with Gasteiger partial charge in [0.25, 0.3) is 0 Å². The number of ether oxygens (including phenoxy) is 1. The Labute approximate surface area is 155 Å².